The summed E-state index contributed by atoms with van der Waals surface area (Å²) in [7, 11) is 1.58. The molecular formula is C16H21FN2O2. The van der Waals surface area contributed by atoms with Crippen molar-refractivity contribution in [1.29, 1.82) is 0 Å². The summed E-state index contributed by atoms with van der Waals surface area (Å²) in [4.78, 5) is 14.1. The molecule has 0 saturated heterocycles. The molecular weight excluding hydrogens is 271 g/mol. The van der Waals surface area contributed by atoms with Gasteiger partial charge in [0.15, 0.2) is 0 Å². The summed E-state index contributed by atoms with van der Waals surface area (Å²) in [5.74, 6) is 4.48. The van der Waals surface area contributed by atoms with E-state index in [9.17, 15) is 9.18 Å². The Morgan fingerprint density at radius 2 is 2.19 bits per heavy atom. The largest absolute Gasteiger partial charge is 0.383 e. The molecule has 1 aromatic rings. The number of hydrogen-bond acceptors (Lipinski definition) is 3. The Bertz CT molecular complexity index is 547. The van der Waals surface area contributed by atoms with Crippen LogP contribution in [0.5, 0.6) is 0 Å². The summed E-state index contributed by atoms with van der Waals surface area (Å²) < 4.78 is 18.9. The smallest absolute Gasteiger partial charge is 0.254 e. The maximum absolute atomic E-state index is 13.9. The fourth-order valence-electron chi connectivity index (χ4n) is 1.85. The first-order valence-corrected chi connectivity index (χ1v) is 6.79. The summed E-state index contributed by atoms with van der Waals surface area (Å²) in [5.41, 5.74) is 5.80. The number of methoxy groups -OCH3 is 1. The number of ether oxygens (including phenoxy) is 1. The van der Waals surface area contributed by atoms with Crippen LogP contribution in [0.25, 0.3) is 0 Å². The van der Waals surface area contributed by atoms with Crippen LogP contribution in [0.3, 0.4) is 0 Å². The molecule has 0 heterocycles. The third kappa shape index (κ3) is 4.85. The van der Waals surface area contributed by atoms with Crippen LogP contribution in [0.15, 0.2) is 18.2 Å². The van der Waals surface area contributed by atoms with Crippen molar-refractivity contribution in [2.45, 2.75) is 19.9 Å². The predicted molar refractivity (Wildman–Crippen MR) is 80.4 cm³/mol. The third-order valence-electron chi connectivity index (χ3n) is 2.96. The van der Waals surface area contributed by atoms with E-state index >= 15 is 0 Å². The van der Waals surface area contributed by atoms with Gasteiger partial charge >= 0.3 is 0 Å². The maximum atomic E-state index is 13.9. The van der Waals surface area contributed by atoms with Gasteiger partial charge in [-0.1, -0.05) is 11.8 Å². The summed E-state index contributed by atoms with van der Waals surface area (Å²) in [6, 6.07) is 4.30. The lowest BCUT2D eigenvalue weighted by atomic mass is 10.1. The molecule has 0 aliphatic rings. The van der Waals surface area contributed by atoms with Crippen LogP contribution < -0.4 is 5.73 Å². The molecule has 0 unspecified atom stereocenters. The summed E-state index contributed by atoms with van der Waals surface area (Å²) in [6.45, 7) is 4.88. The minimum atomic E-state index is -0.516. The van der Waals surface area contributed by atoms with Gasteiger partial charge in [0.2, 0.25) is 0 Å². The van der Waals surface area contributed by atoms with Crippen molar-refractivity contribution in [2.24, 2.45) is 5.73 Å². The van der Waals surface area contributed by atoms with Crippen LogP contribution in [0.2, 0.25) is 0 Å². The topological polar surface area (TPSA) is 55.6 Å². The van der Waals surface area contributed by atoms with Crippen molar-refractivity contribution in [3.05, 3.63) is 35.1 Å². The number of halogens is 1. The second-order valence-corrected chi connectivity index (χ2v) is 4.79. The van der Waals surface area contributed by atoms with Crippen molar-refractivity contribution in [2.75, 3.05) is 26.8 Å². The molecule has 0 atom stereocenters. The van der Waals surface area contributed by atoms with Gasteiger partial charge in [0.05, 0.1) is 18.7 Å². The molecule has 0 bridgehead atoms. The van der Waals surface area contributed by atoms with Gasteiger partial charge in [-0.2, -0.15) is 0 Å². The summed E-state index contributed by atoms with van der Waals surface area (Å²) in [5, 5.41) is 0. The first kappa shape index (κ1) is 17.2. The monoisotopic (exact) mass is 292 g/mol. The van der Waals surface area contributed by atoms with Crippen molar-refractivity contribution >= 4 is 5.91 Å². The number of nitrogens with zero attached hydrogens (tertiary/aromatic N) is 1. The highest BCUT2D eigenvalue weighted by Gasteiger charge is 2.19. The van der Waals surface area contributed by atoms with Gasteiger partial charge in [-0.25, -0.2) is 4.39 Å². The van der Waals surface area contributed by atoms with Crippen LogP contribution in [0.4, 0.5) is 4.39 Å². The van der Waals surface area contributed by atoms with E-state index in [-0.39, 0.29) is 24.1 Å². The zero-order valence-electron chi connectivity index (χ0n) is 12.6. The van der Waals surface area contributed by atoms with Crippen LogP contribution in [0.1, 0.15) is 29.8 Å². The highest BCUT2D eigenvalue weighted by molar-refractivity contribution is 5.94. The Kier molecular flexibility index (Phi) is 6.86. The molecule has 5 heteroatoms. The average molecular weight is 292 g/mol. The number of carbonyl (C=O) groups is 1. The van der Waals surface area contributed by atoms with E-state index in [2.05, 4.69) is 11.8 Å². The second-order valence-electron chi connectivity index (χ2n) is 4.79. The quantitative estimate of drug-likeness (QED) is 0.839. The molecule has 1 amide bonds. The molecule has 21 heavy (non-hydrogen) atoms. The normalized spacial score (nSPS) is 10.2. The Labute approximate surface area is 125 Å². The Hall–Kier alpha value is -1.90. The number of rotatable bonds is 5. The molecule has 0 aromatic heterocycles. The Morgan fingerprint density at radius 3 is 2.71 bits per heavy atom. The van der Waals surface area contributed by atoms with Crippen LogP contribution in [-0.4, -0.2) is 43.7 Å². The summed E-state index contributed by atoms with van der Waals surface area (Å²) in [6.07, 6.45) is 0. The number of benzene rings is 1. The highest BCUT2D eigenvalue weighted by Crippen LogP contribution is 2.13. The van der Waals surface area contributed by atoms with E-state index in [1.54, 1.807) is 18.1 Å². The van der Waals surface area contributed by atoms with Gasteiger partial charge in [-0.05, 0) is 32.0 Å². The average Bonchev–Trinajstić information content (AvgIpc) is 2.45. The molecule has 0 saturated carbocycles. The van der Waals surface area contributed by atoms with Crippen molar-refractivity contribution in [1.82, 2.24) is 4.90 Å². The molecule has 2 N–H and O–H groups in total. The number of hydrogen-bond donors (Lipinski definition) is 1. The zero-order valence-corrected chi connectivity index (χ0v) is 12.6. The lowest BCUT2D eigenvalue weighted by molar-refractivity contribution is 0.0634. The molecule has 0 aliphatic carbocycles. The van der Waals surface area contributed by atoms with E-state index in [0.717, 1.165) is 0 Å². The molecule has 1 aromatic carbocycles. The Balaban J connectivity index is 2.98. The lowest BCUT2D eigenvalue weighted by Gasteiger charge is -2.26. The molecule has 0 radical (unpaired) electrons. The maximum Gasteiger partial charge on any atom is 0.254 e. The number of amides is 1. The first-order chi connectivity index (χ1) is 10.0. The van der Waals surface area contributed by atoms with Crippen LogP contribution in [0, 0.1) is 17.7 Å². The standard InChI is InChI=1S/C16H21FN2O2/c1-12(2)19(9-10-21-3)16(20)14-7-6-13(5-4-8-18)15(17)11-14/h6-7,11-12H,8-10,18H2,1-3H3. The van der Waals surface area contributed by atoms with E-state index in [1.165, 1.54) is 12.1 Å². The molecule has 114 valence electrons. The minimum absolute atomic E-state index is 0.00687. The lowest BCUT2D eigenvalue weighted by Crippen LogP contribution is -2.39. The fourth-order valence-corrected chi connectivity index (χ4v) is 1.85. The second kappa shape index (κ2) is 8.40. The molecule has 0 fully saturated rings. The Morgan fingerprint density at radius 1 is 1.48 bits per heavy atom. The van der Waals surface area contributed by atoms with Gasteiger partial charge in [-0.15, -0.1) is 0 Å². The molecule has 1 rings (SSSR count). The summed E-state index contributed by atoms with van der Waals surface area (Å²) >= 11 is 0. The zero-order chi connectivity index (χ0) is 15.8. The molecule has 0 aliphatic heterocycles. The minimum Gasteiger partial charge on any atom is -0.383 e. The highest BCUT2D eigenvalue weighted by atomic mass is 19.1. The number of nitrogens with two attached hydrogens (primary N) is 1. The van der Waals surface area contributed by atoms with Crippen LogP contribution in [-0.2, 0) is 4.74 Å². The van der Waals surface area contributed by atoms with Crippen molar-refractivity contribution < 1.29 is 13.9 Å². The van der Waals surface area contributed by atoms with E-state index < -0.39 is 5.82 Å². The van der Waals surface area contributed by atoms with Gasteiger partial charge in [0, 0.05) is 25.3 Å². The van der Waals surface area contributed by atoms with Gasteiger partial charge in [0.25, 0.3) is 5.91 Å². The SMILES string of the molecule is COCCN(C(=O)c1ccc(C#CCN)c(F)c1)C(C)C. The van der Waals surface area contributed by atoms with Gasteiger partial charge < -0.3 is 15.4 Å². The molecule has 0 spiro atoms. The third-order valence-corrected chi connectivity index (χ3v) is 2.96. The van der Waals surface area contributed by atoms with Crippen molar-refractivity contribution in [3.8, 4) is 11.8 Å². The van der Waals surface area contributed by atoms with Crippen LogP contribution >= 0.6 is 0 Å². The van der Waals surface area contributed by atoms with Gasteiger partial charge in [-0.3, -0.25) is 4.79 Å². The number of carbonyl (C=O) groups excluding carboxylic acids is 1. The van der Waals surface area contributed by atoms with E-state index in [4.69, 9.17) is 10.5 Å². The van der Waals surface area contributed by atoms with E-state index in [1.807, 2.05) is 13.8 Å². The van der Waals surface area contributed by atoms with Gasteiger partial charge in [0.1, 0.15) is 5.82 Å². The van der Waals surface area contributed by atoms with Crippen molar-refractivity contribution in [3.63, 3.8) is 0 Å². The predicted octanol–water partition coefficient (Wildman–Crippen LogP) is 1.63. The fraction of sp³-hybridized carbons (Fsp3) is 0.438. The first-order valence-electron chi connectivity index (χ1n) is 6.79. The van der Waals surface area contributed by atoms with E-state index in [0.29, 0.717) is 18.7 Å². The molecule has 4 nitrogen and oxygen atoms in total.